The molecule has 2 heterocycles. The standard InChI is InChI=1S/C16H20N2O3S2/c1-16(2,3)21-15(19)18-9-8-11(10-18)23(20)14-17-12-6-4-5-7-13(12)22-14/h4-7,11H,8-10H2,1-3H3. The van der Waals surface area contributed by atoms with E-state index in [0.717, 1.165) is 10.2 Å². The maximum Gasteiger partial charge on any atom is 0.410 e. The summed E-state index contributed by atoms with van der Waals surface area (Å²) >= 11 is 1.47. The van der Waals surface area contributed by atoms with Gasteiger partial charge in [-0.05, 0) is 39.3 Å². The van der Waals surface area contributed by atoms with E-state index in [2.05, 4.69) is 4.98 Å². The highest BCUT2D eigenvalue weighted by atomic mass is 32.2. The van der Waals surface area contributed by atoms with E-state index in [0.29, 0.717) is 23.8 Å². The number of carbonyl (C=O) groups excluding carboxylic acids is 1. The van der Waals surface area contributed by atoms with Gasteiger partial charge in [-0.2, -0.15) is 0 Å². The lowest BCUT2D eigenvalue weighted by Crippen LogP contribution is -2.36. The number of fused-ring (bicyclic) bond motifs is 1. The van der Waals surface area contributed by atoms with Gasteiger partial charge in [-0.3, -0.25) is 4.21 Å². The fourth-order valence-electron chi connectivity index (χ4n) is 2.47. The fourth-order valence-corrected chi connectivity index (χ4v) is 5.29. The Morgan fingerprint density at radius 3 is 2.83 bits per heavy atom. The largest absolute Gasteiger partial charge is 0.444 e. The van der Waals surface area contributed by atoms with Crippen molar-refractivity contribution in [2.24, 2.45) is 0 Å². The predicted molar refractivity (Wildman–Crippen MR) is 92.2 cm³/mol. The molecule has 0 bridgehead atoms. The SMILES string of the molecule is CC(C)(C)OC(=O)N1CCC(S(=O)c2nc3ccccc3s2)C1. The van der Waals surface area contributed by atoms with Gasteiger partial charge >= 0.3 is 6.09 Å². The van der Waals surface area contributed by atoms with E-state index in [-0.39, 0.29) is 11.3 Å². The molecule has 1 aromatic carbocycles. The average Bonchev–Trinajstić information content (AvgIpc) is 3.11. The molecule has 2 atom stereocenters. The highest BCUT2D eigenvalue weighted by molar-refractivity contribution is 7.88. The quantitative estimate of drug-likeness (QED) is 0.831. The third-order valence-corrected chi connectivity index (χ3v) is 6.55. The lowest BCUT2D eigenvalue weighted by Gasteiger charge is -2.24. The second-order valence-electron chi connectivity index (χ2n) is 6.58. The molecule has 0 radical (unpaired) electrons. The Morgan fingerprint density at radius 2 is 2.13 bits per heavy atom. The number of thiazole rings is 1. The van der Waals surface area contributed by atoms with Gasteiger partial charge < -0.3 is 9.64 Å². The van der Waals surface area contributed by atoms with Crippen LogP contribution in [0.3, 0.4) is 0 Å². The molecule has 1 aromatic heterocycles. The van der Waals surface area contributed by atoms with Crippen molar-refractivity contribution >= 4 is 38.4 Å². The molecular formula is C16H20N2O3S2. The van der Waals surface area contributed by atoms with Crippen LogP contribution in [-0.4, -0.2) is 44.1 Å². The molecule has 1 aliphatic rings. The van der Waals surface area contributed by atoms with Crippen LogP contribution in [0.1, 0.15) is 27.2 Å². The van der Waals surface area contributed by atoms with Crippen molar-refractivity contribution in [3.63, 3.8) is 0 Å². The fraction of sp³-hybridized carbons (Fsp3) is 0.500. The van der Waals surface area contributed by atoms with Crippen LogP contribution in [0.15, 0.2) is 28.6 Å². The molecule has 1 saturated heterocycles. The molecular weight excluding hydrogens is 332 g/mol. The Hall–Kier alpha value is -1.47. The van der Waals surface area contributed by atoms with Crippen molar-refractivity contribution in [2.75, 3.05) is 13.1 Å². The lowest BCUT2D eigenvalue weighted by atomic mass is 10.2. The van der Waals surface area contributed by atoms with Crippen LogP contribution in [0.25, 0.3) is 10.2 Å². The first-order chi connectivity index (χ1) is 10.8. The monoisotopic (exact) mass is 352 g/mol. The predicted octanol–water partition coefficient (Wildman–Crippen LogP) is 3.41. The van der Waals surface area contributed by atoms with Gasteiger partial charge in [0.25, 0.3) is 0 Å². The summed E-state index contributed by atoms with van der Waals surface area (Å²) in [5, 5.41) is -0.0805. The number of likely N-dealkylation sites (tertiary alicyclic amines) is 1. The zero-order valence-corrected chi connectivity index (χ0v) is 15.1. The van der Waals surface area contributed by atoms with Gasteiger partial charge in [-0.25, -0.2) is 9.78 Å². The van der Waals surface area contributed by atoms with E-state index in [1.165, 1.54) is 11.3 Å². The summed E-state index contributed by atoms with van der Waals surface area (Å²) in [6.07, 6.45) is 0.378. The molecule has 5 nitrogen and oxygen atoms in total. The van der Waals surface area contributed by atoms with Crippen LogP contribution in [-0.2, 0) is 15.5 Å². The molecule has 1 amide bonds. The second kappa shape index (κ2) is 6.20. The van der Waals surface area contributed by atoms with Crippen LogP contribution in [0.2, 0.25) is 0 Å². The maximum absolute atomic E-state index is 12.8. The van der Waals surface area contributed by atoms with Crippen molar-refractivity contribution in [3.05, 3.63) is 24.3 Å². The third-order valence-electron chi connectivity index (χ3n) is 3.55. The van der Waals surface area contributed by atoms with E-state index in [4.69, 9.17) is 4.74 Å². The first kappa shape index (κ1) is 16.4. The molecule has 0 aliphatic carbocycles. The molecule has 124 valence electrons. The van der Waals surface area contributed by atoms with Gasteiger partial charge in [0.05, 0.1) is 26.3 Å². The molecule has 0 saturated carbocycles. The highest BCUT2D eigenvalue weighted by Gasteiger charge is 2.34. The summed E-state index contributed by atoms with van der Waals surface area (Å²) < 4.78 is 19.8. The number of rotatable bonds is 2. The Labute approximate surface area is 142 Å². The van der Waals surface area contributed by atoms with Gasteiger partial charge in [-0.15, -0.1) is 11.3 Å². The number of amides is 1. The van der Waals surface area contributed by atoms with Crippen molar-refractivity contribution in [3.8, 4) is 0 Å². The van der Waals surface area contributed by atoms with Gasteiger partial charge in [0.2, 0.25) is 0 Å². The number of nitrogens with zero attached hydrogens (tertiary/aromatic N) is 2. The molecule has 0 N–H and O–H groups in total. The summed E-state index contributed by atoms with van der Waals surface area (Å²) in [7, 11) is -1.19. The minimum atomic E-state index is -1.19. The topological polar surface area (TPSA) is 59.5 Å². The summed E-state index contributed by atoms with van der Waals surface area (Å²) in [6, 6.07) is 7.78. The smallest absolute Gasteiger partial charge is 0.410 e. The van der Waals surface area contributed by atoms with E-state index >= 15 is 0 Å². The number of benzene rings is 1. The van der Waals surface area contributed by atoms with Gasteiger partial charge in [0, 0.05) is 13.1 Å². The van der Waals surface area contributed by atoms with Crippen LogP contribution >= 0.6 is 11.3 Å². The van der Waals surface area contributed by atoms with E-state index in [9.17, 15) is 9.00 Å². The van der Waals surface area contributed by atoms with Gasteiger partial charge in [0.15, 0.2) is 4.34 Å². The Balaban J connectivity index is 1.68. The molecule has 23 heavy (non-hydrogen) atoms. The Kier molecular flexibility index (Phi) is 4.42. The van der Waals surface area contributed by atoms with Crippen LogP contribution in [0, 0.1) is 0 Å². The molecule has 1 aliphatic heterocycles. The van der Waals surface area contributed by atoms with Gasteiger partial charge in [-0.1, -0.05) is 12.1 Å². The summed E-state index contributed by atoms with van der Waals surface area (Å²) in [6.45, 7) is 6.57. The van der Waals surface area contributed by atoms with E-state index < -0.39 is 16.4 Å². The molecule has 0 spiro atoms. The number of para-hydroxylation sites is 1. The number of aromatic nitrogens is 1. The minimum Gasteiger partial charge on any atom is -0.444 e. The Morgan fingerprint density at radius 1 is 1.39 bits per heavy atom. The number of hydrogen-bond donors (Lipinski definition) is 0. The molecule has 7 heteroatoms. The first-order valence-corrected chi connectivity index (χ1v) is 9.60. The van der Waals surface area contributed by atoms with Crippen molar-refractivity contribution in [1.29, 1.82) is 0 Å². The van der Waals surface area contributed by atoms with Crippen molar-refractivity contribution in [2.45, 2.75) is 42.4 Å². The first-order valence-electron chi connectivity index (χ1n) is 7.57. The highest BCUT2D eigenvalue weighted by Crippen LogP contribution is 2.28. The molecule has 2 unspecified atom stereocenters. The average molecular weight is 352 g/mol. The number of ether oxygens (including phenoxy) is 1. The van der Waals surface area contributed by atoms with Crippen LogP contribution in [0.4, 0.5) is 4.79 Å². The second-order valence-corrected chi connectivity index (χ2v) is 9.52. The molecule has 2 aromatic rings. The molecule has 3 rings (SSSR count). The lowest BCUT2D eigenvalue weighted by molar-refractivity contribution is 0.0295. The third kappa shape index (κ3) is 3.72. The Bertz CT molecular complexity index is 718. The maximum atomic E-state index is 12.8. The van der Waals surface area contributed by atoms with Crippen molar-refractivity contribution in [1.82, 2.24) is 9.88 Å². The zero-order valence-electron chi connectivity index (χ0n) is 13.4. The molecule has 1 fully saturated rings. The van der Waals surface area contributed by atoms with E-state index in [1.54, 1.807) is 4.90 Å². The summed E-state index contributed by atoms with van der Waals surface area (Å²) in [4.78, 5) is 18.2. The van der Waals surface area contributed by atoms with Gasteiger partial charge in [0.1, 0.15) is 5.60 Å². The number of carbonyl (C=O) groups is 1. The summed E-state index contributed by atoms with van der Waals surface area (Å²) in [5.41, 5.74) is 0.365. The van der Waals surface area contributed by atoms with Crippen LogP contribution in [0.5, 0.6) is 0 Å². The zero-order chi connectivity index (χ0) is 16.6. The number of hydrogen-bond acceptors (Lipinski definition) is 5. The normalized spacial score (nSPS) is 20.0. The summed E-state index contributed by atoms with van der Waals surface area (Å²) in [5.74, 6) is 0. The van der Waals surface area contributed by atoms with Crippen molar-refractivity contribution < 1.29 is 13.7 Å². The van der Waals surface area contributed by atoms with E-state index in [1.807, 2.05) is 45.0 Å². The van der Waals surface area contributed by atoms with Crippen LogP contribution < -0.4 is 0 Å². The minimum absolute atomic E-state index is 0.0805.